The van der Waals surface area contributed by atoms with E-state index in [1.807, 2.05) is 17.0 Å². The molecule has 0 saturated carbocycles. The minimum Gasteiger partial charge on any atom is -0.336 e. The van der Waals surface area contributed by atoms with E-state index in [2.05, 4.69) is 15.4 Å². The highest BCUT2D eigenvalue weighted by molar-refractivity contribution is 5.94. The second-order valence-electron chi connectivity index (χ2n) is 7.95. The molecule has 0 bridgehead atoms. The summed E-state index contributed by atoms with van der Waals surface area (Å²) in [6.45, 7) is 2.25. The lowest BCUT2D eigenvalue weighted by molar-refractivity contribution is -0.137. The zero-order valence-corrected chi connectivity index (χ0v) is 18.2. The van der Waals surface area contributed by atoms with Gasteiger partial charge in [0.15, 0.2) is 0 Å². The third-order valence-corrected chi connectivity index (χ3v) is 5.55. The minimum absolute atomic E-state index is 0.0504. The van der Waals surface area contributed by atoms with Crippen molar-refractivity contribution in [3.63, 3.8) is 0 Å². The van der Waals surface area contributed by atoms with Gasteiger partial charge in [0.05, 0.1) is 24.3 Å². The molecule has 8 nitrogen and oxygen atoms in total. The van der Waals surface area contributed by atoms with E-state index in [1.165, 1.54) is 24.5 Å². The van der Waals surface area contributed by atoms with Crippen LogP contribution in [0.5, 0.6) is 0 Å². The van der Waals surface area contributed by atoms with Gasteiger partial charge in [-0.15, -0.1) is 0 Å². The maximum absolute atomic E-state index is 13.1. The van der Waals surface area contributed by atoms with Crippen LogP contribution in [0.1, 0.15) is 21.5 Å². The average Bonchev–Trinajstić information content (AvgIpc) is 3.32. The summed E-state index contributed by atoms with van der Waals surface area (Å²) in [5.41, 5.74) is 0.412. The van der Waals surface area contributed by atoms with Crippen molar-refractivity contribution in [3.05, 3.63) is 77.9 Å². The van der Waals surface area contributed by atoms with Crippen molar-refractivity contribution < 1.29 is 22.8 Å². The van der Waals surface area contributed by atoms with E-state index >= 15 is 0 Å². The van der Waals surface area contributed by atoms with Gasteiger partial charge in [0.1, 0.15) is 12.7 Å². The van der Waals surface area contributed by atoms with E-state index in [1.54, 1.807) is 28.0 Å². The van der Waals surface area contributed by atoms with Crippen LogP contribution < -0.4 is 5.32 Å². The molecule has 0 unspecified atom stereocenters. The number of anilines is 1. The molecule has 3 aromatic rings. The number of piperazine rings is 1. The summed E-state index contributed by atoms with van der Waals surface area (Å²) >= 11 is 0. The number of alkyl halides is 3. The Bertz CT molecular complexity index is 1120. The van der Waals surface area contributed by atoms with Crippen LogP contribution in [0.3, 0.4) is 0 Å². The zero-order chi connectivity index (χ0) is 24.1. The summed E-state index contributed by atoms with van der Waals surface area (Å²) in [7, 11) is 0. The van der Waals surface area contributed by atoms with Gasteiger partial charge in [0, 0.05) is 31.7 Å². The summed E-state index contributed by atoms with van der Waals surface area (Å²) in [6.07, 6.45) is -1.47. The smallest absolute Gasteiger partial charge is 0.336 e. The van der Waals surface area contributed by atoms with Crippen LogP contribution in [0.15, 0.2) is 61.2 Å². The topological polar surface area (TPSA) is 83.4 Å². The number of rotatable bonds is 6. The molecule has 0 aliphatic carbocycles. The molecule has 178 valence electrons. The van der Waals surface area contributed by atoms with E-state index in [0.29, 0.717) is 38.3 Å². The van der Waals surface area contributed by atoms with Crippen molar-refractivity contribution in [1.29, 1.82) is 0 Å². The van der Waals surface area contributed by atoms with Crippen LogP contribution in [0.4, 0.5) is 18.9 Å². The molecule has 2 aromatic carbocycles. The first kappa shape index (κ1) is 23.4. The number of aromatic nitrogens is 3. The number of hydrogen-bond donors (Lipinski definition) is 1. The Morgan fingerprint density at radius 1 is 0.971 bits per heavy atom. The van der Waals surface area contributed by atoms with Crippen molar-refractivity contribution in [2.24, 2.45) is 0 Å². The molecule has 0 atom stereocenters. The van der Waals surface area contributed by atoms with Crippen molar-refractivity contribution in [2.45, 2.75) is 12.7 Å². The van der Waals surface area contributed by atoms with E-state index in [4.69, 9.17) is 0 Å². The van der Waals surface area contributed by atoms with Gasteiger partial charge in [-0.1, -0.05) is 24.3 Å². The normalized spacial score (nSPS) is 14.7. The Balaban J connectivity index is 1.27. The fraction of sp³-hybridized carbons (Fsp3) is 0.304. The predicted octanol–water partition coefficient (Wildman–Crippen LogP) is 2.74. The monoisotopic (exact) mass is 472 g/mol. The fourth-order valence-electron chi connectivity index (χ4n) is 3.78. The maximum Gasteiger partial charge on any atom is 0.418 e. The molecule has 2 heterocycles. The summed E-state index contributed by atoms with van der Waals surface area (Å²) < 4.78 is 41.0. The first-order valence-corrected chi connectivity index (χ1v) is 10.7. The van der Waals surface area contributed by atoms with Crippen molar-refractivity contribution in [2.75, 3.05) is 38.0 Å². The molecule has 2 amide bonds. The Morgan fingerprint density at radius 2 is 1.68 bits per heavy atom. The average molecular weight is 472 g/mol. The number of amides is 2. The third-order valence-electron chi connectivity index (χ3n) is 5.55. The molecule has 0 radical (unpaired) electrons. The number of hydrogen-bond acceptors (Lipinski definition) is 5. The van der Waals surface area contributed by atoms with Gasteiger partial charge in [-0.25, -0.2) is 9.67 Å². The number of nitrogens with zero attached hydrogens (tertiary/aromatic N) is 5. The van der Waals surface area contributed by atoms with Gasteiger partial charge in [0.2, 0.25) is 5.91 Å². The second-order valence-corrected chi connectivity index (χ2v) is 7.95. The van der Waals surface area contributed by atoms with Crippen molar-refractivity contribution in [3.8, 4) is 0 Å². The predicted molar refractivity (Wildman–Crippen MR) is 118 cm³/mol. The van der Waals surface area contributed by atoms with Crippen LogP contribution >= 0.6 is 0 Å². The quantitative estimate of drug-likeness (QED) is 0.597. The lowest BCUT2D eigenvalue weighted by Crippen LogP contribution is -2.50. The molecule has 1 fully saturated rings. The molecule has 11 heteroatoms. The zero-order valence-electron chi connectivity index (χ0n) is 18.2. The number of nitrogens with one attached hydrogen (secondary N) is 1. The Kier molecular flexibility index (Phi) is 6.92. The van der Waals surface area contributed by atoms with E-state index in [0.717, 1.165) is 11.6 Å². The van der Waals surface area contributed by atoms with Crippen LogP contribution in [0, 0.1) is 0 Å². The first-order chi connectivity index (χ1) is 16.3. The summed E-state index contributed by atoms with van der Waals surface area (Å²) in [4.78, 5) is 32.6. The van der Waals surface area contributed by atoms with Crippen molar-refractivity contribution in [1.82, 2.24) is 24.6 Å². The van der Waals surface area contributed by atoms with Crippen LogP contribution in [-0.4, -0.2) is 69.1 Å². The molecule has 34 heavy (non-hydrogen) atoms. The summed E-state index contributed by atoms with van der Waals surface area (Å²) in [6, 6.07) is 12.2. The van der Waals surface area contributed by atoms with E-state index in [9.17, 15) is 22.8 Å². The van der Waals surface area contributed by atoms with Gasteiger partial charge in [0.25, 0.3) is 5.91 Å². The summed E-state index contributed by atoms with van der Waals surface area (Å²) in [5.74, 6) is -0.630. The molecular formula is C23H23F3N6O2. The molecule has 1 N–H and O–H groups in total. The Labute approximate surface area is 194 Å². The standard InChI is InChI=1S/C23H23F3N6O2/c24-23(25,26)19-3-1-2-4-20(19)29-21(33)14-30-9-11-31(12-10-30)22(34)18-7-5-17(6-8-18)13-32-16-27-15-28-32/h1-8,15-16H,9-14H2,(H,29,33). The minimum atomic E-state index is -4.55. The highest BCUT2D eigenvalue weighted by Gasteiger charge is 2.33. The SMILES string of the molecule is O=C(CN1CCN(C(=O)c2ccc(Cn3cncn3)cc2)CC1)Nc1ccccc1C(F)(F)F. The van der Waals surface area contributed by atoms with Crippen LogP contribution in [0.2, 0.25) is 0 Å². The highest BCUT2D eigenvalue weighted by Crippen LogP contribution is 2.34. The number of carbonyl (C=O) groups excluding carboxylic acids is 2. The third kappa shape index (κ3) is 5.79. The second kappa shape index (κ2) is 10.0. The Morgan fingerprint density at radius 3 is 2.32 bits per heavy atom. The van der Waals surface area contributed by atoms with Gasteiger partial charge < -0.3 is 10.2 Å². The molecule has 1 aliphatic heterocycles. The summed E-state index contributed by atoms with van der Waals surface area (Å²) in [5, 5.41) is 6.41. The molecule has 1 aromatic heterocycles. The van der Waals surface area contributed by atoms with Gasteiger partial charge in [-0.3, -0.25) is 14.5 Å². The van der Waals surface area contributed by atoms with Crippen molar-refractivity contribution >= 4 is 17.5 Å². The van der Waals surface area contributed by atoms with E-state index < -0.39 is 17.6 Å². The molecule has 1 saturated heterocycles. The largest absolute Gasteiger partial charge is 0.418 e. The van der Waals surface area contributed by atoms with Crippen LogP contribution in [0.25, 0.3) is 0 Å². The van der Waals surface area contributed by atoms with Gasteiger partial charge >= 0.3 is 6.18 Å². The Hall–Kier alpha value is -3.73. The van der Waals surface area contributed by atoms with E-state index in [-0.39, 0.29) is 18.1 Å². The number of benzene rings is 2. The molecule has 1 aliphatic rings. The lowest BCUT2D eigenvalue weighted by atomic mass is 10.1. The molecule has 0 spiro atoms. The number of para-hydroxylation sites is 1. The first-order valence-electron chi connectivity index (χ1n) is 10.7. The van der Waals surface area contributed by atoms with Gasteiger partial charge in [-0.05, 0) is 29.8 Å². The highest BCUT2D eigenvalue weighted by atomic mass is 19.4. The van der Waals surface area contributed by atoms with Gasteiger partial charge in [-0.2, -0.15) is 18.3 Å². The fourth-order valence-corrected chi connectivity index (χ4v) is 3.78. The molecule has 4 rings (SSSR count). The molecular weight excluding hydrogens is 449 g/mol. The maximum atomic E-state index is 13.1. The lowest BCUT2D eigenvalue weighted by Gasteiger charge is -2.34. The number of carbonyl (C=O) groups is 2. The number of halogens is 3. The van der Waals surface area contributed by atoms with Crippen LogP contribution in [-0.2, 0) is 17.5 Å².